The van der Waals surface area contributed by atoms with Crippen LogP contribution in [0.4, 0.5) is 0 Å². The van der Waals surface area contributed by atoms with Gasteiger partial charge in [-0.05, 0) is 17.7 Å². The van der Waals surface area contributed by atoms with E-state index in [9.17, 15) is 9.35 Å². The number of aromatic nitrogens is 1. The minimum atomic E-state index is -1.58. The Morgan fingerprint density at radius 1 is 1.04 bits per heavy atom. The van der Waals surface area contributed by atoms with Gasteiger partial charge in [0, 0.05) is 36.4 Å². The van der Waals surface area contributed by atoms with Gasteiger partial charge in [0.05, 0.1) is 11.4 Å². The number of rotatable bonds is 6. The minimum Gasteiger partial charge on any atom is -0.592 e. The summed E-state index contributed by atoms with van der Waals surface area (Å²) < 4.78 is 15.5. The number of nitrogens with zero attached hydrogens (tertiary/aromatic N) is 1. The van der Waals surface area contributed by atoms with E-state index in [0.717, 1.165) is 22.4 Å². The SMILES string of the molecule is CC(=O)N[S+]([O-])C(c1ccccc1)c1ccccc1Cc1ccccn1.Cl. The molecule has 2 unspecified atom stereocenters. The van der Waals surface area contributed by atoms with Crippen LogP contribution in [-0.4, -0.2) is 15.4 Å². The highest BCUT2D eigenvalue weighted by Gasteiger charge is 2.30. The van der Waals surface area contributed by atoms with Gasteiger partial charge in [-0.15, -0.1) is 12.4 Å². The van der Waals surface area contributed by atoms with Gasteiger partial charge >= 0.3 is 0 Å². The zero-order valence-corrected chi connectivity index (χ0v) is 16.5. The third-order valence-corrected chi connectivity index (χ3v) is 5.44. The van der Waals surface area contributed by atoms with Crippen LogP contribution in [0.15, 0.2) is 79.0 Å². The molecule has 1 heterocycles. The van der Waals surface area contributed by atoms with Gasteiger partial charge in [0.2, 0.25) is 0 Å². The monoisotopic (exact) mass is 400 g/mol. The first-order valence-corrected chi connectivity index (χ1v) is 9.57. The molecule has 3 rings (SSSR count). The molecule has 0 fully saturated rings. The summed E-state index contributed by atoms with van der Waals surface area (Å²) in [5, 5.41) is -0.444. The number of halogens is 1. The second-order valence-corrected chi connectivity index (χ2v) is 7.21. The molecule has 2 aromatic carbocycles. The van der Waals surface area contributed by atoms with Crippen LogP contribution in [0.25, 0.3) is 0 Å². The Balaban J connectivity index is 0.00000261. The molecule has 2 atom stereocenters. The molecule has 6 heteroatoms. The topological polar surface area (TPSA) is 65.0 Å². The molecule has 0 saturated heterocycles. The molecule has 0 radical (unpaired) electrons. The number of hydrogen-bond donors (Lipinski definition) is 1. The van der Waals surface area contributed by atoms with E-state index in [0.29, 0.717) is 6.42 Å². The molecular formula is C21H21ClN2O2S. The fourth-order valence-electron chi connectivity index (χ4n) is 2.90. The van der Waals surface area contributed by atoms with Crippen molar-refractivity contribution in [1.29, 1.82) is 0 Å². The van der Waals surface area contributed by atoms with Crippen molar-refractivity contribution in [3.05, 3.63) is 101 Å². The molecule has 0 bridgehead atoms. The summed E-state index contributed by atoms with van der Waals surface area (Å²) in [5.74, 6) is -0.313. The Morgan fingerprint density at radius 3 is 2.37 bits per heavy atom. The predicted octanol–water partition coefficient (Wildman–Crippen LogP) is 3.98. The summed E-state index contributed by atoms with van der Waals surface area (Å²) >= 11 is -1.58. The van der Waals surface area contributed by atoms with Crippen LogP contribution in [0.5, 0.6) is 0 Å². The zero-order chi connectivity index (χ0) is 18.4. The van der Waals surface area contributed by atoms with Crippen molar-refractivity contribution >= 4 is 29.7 Å². The van der Waals surface area contributed by atoms with Crippen LogP contribution in [-0.2, 0) is 22.6 Å². The van der Waals surface area contributed by atoms with Crippen molar-refractivity contribution in [2.45, 2.75) is 18.6 Å². The van der Waals surface area contributed by atoms with Crippen LogP contribution in [0, 0.1) is 0 Å². The first-order valence-electron chi connectivity index (χ1n) is 8.35. The molecule has 0 aliphatic heterocycles. The number of nitrogens with one attached hydrogen (secondary N) is 1. The fourth-order valence-corrected chi connectivity index (χ4v) is 4.16. The Morgan fingerprint density at radius 2 is 1.70 bits per heavy atom. The van der Waals surface area contributed by atoms with Gasteiger partial charge < -0.3 is 4.55 Å². The Kier molecular flexibility index (Phi) is 7.85. The average Bonchev–Trinajstić information content (AvgIpc) is 2.64. The van der Waals surface area contributed by atoms with Gasteiger partial charge in [-0.1, -0.05) is 60.7 Å². The standard InChI is InChI=1S/C21H20N2O2S.ClH/c1-16(24)23-26(25)21(17-9-3-2-4-10-17)20-13-6-5-11-18(20)15-19-12-7-8-14-22-19;/h2-14,21H,15H2,1H3,(H,23,24);1H. The summed E-state index contributed by atoms with van der Waals surface area (Å²) in [6.07, 6.45) is 2.40. The first-order chi connectivity index (χ1) is 12.6. The van der Waals surface area contributed by atoms with E-state index in [1.807, 2.05) is 72.8 Å². The van der Waals surface area contributed by atoms with Crippen molar-refractivity contribution in [2.24, 2.45) is 0 Å². The van der Waals surface area contributed by atoms with Crippen molar-refractivity contribution < 1.29 is 9.35 Å². The third-order valence-electron chi connectivity index (χ3n) is 4.00. The maximum atomic E-state index is 12.9. The molecule has 0 aliphatic carbocycles. The average molecular weight is 401 g/mol. The zero-order valence-electron chi connectivity index (χ0n) is 14.9. The summed E-state index contributed by atoms with van der Waals surface area (Å²) in [7, 11) is 0. The number of hydrogen-bond acceptors (Lipinski definition) is 3. The number of carbonyl (C=O) groups is 1. The molecule has 0 saturated carbocycles. The molecule has 1 N–H and O–H groups in total. The van der Waals surface area contributed by atoms with E-state index in [2.05, 4.69) is 9.71 Å². The molecule has 27 heavy (non-hydrogen) atoms. The van der Waals surface area contributed by atoms with Gasteiger partial charge in [0.25, 0.3) is 5.91 Å². The van der Waals surface area contributed by atoms with Gasteiger partial charge in [-0.3, -0.25) is 9.78 Å². The fraction of sp³-hybridized carbons (Fsp3) is 0.143. The summed E-state index contributed by atoms with van der Waals surface area (Å²) in [6, 6.07) is 23.3. The normalized spacial score (nSPS) is 12.5. The van der Waals surface area contributed by atoms with Crippen LogP contribution in [0.1, 0.15) is 34.6 Å². The second kappa shape index (κ2) is 10.1. The lowest BCUT2D eigenvalue weighted by Gasteiger charge is -2.23. The largest absolute Gasteiger partial charge is 0.592 e. The van der Waals surface area contributed by atoms with E-state index < -0.39 is 16.6 Å². The highest BCUT2D eigenvalue weighted by Crippen LogP contribution is 2.32. The lowest BCUT2D eigenvalue weighted by atomic mass is 9.96. The van der Waals surface area contributed by atoms with Crippen LogP contribution in [0.2, 0.25) is 0 Å². The summed E-state index contributed by atoms with van der Waals surface area (Å²) in [5.41, 5.74) is 3.81. The molecule has 0 aliphatic rings. The molecule has 140 valence electrons. The van der Waals surface area contributed by atoms with Crippen molar-refractivity contribution in [3.63, 3.8) is 0 Å². The van der Waals surface area contributed by atoms with Crippen molar-refractivity contribution in [2.75, 3.05) is 0 Å². The number of benzene rings is 2. The highest BCUT2D eigenvalue weighted by atomic mass is 35.5. The summed E-state index contributed by atoms with van der Waals surface area (Å²) in [6.45, 7) is 1.37. The first kappa shape index (κ1) is 21.0. The van der Waals surface area contributed by atoms with Gasteiger partial charge in [0.15, 0.2) is 5.25 Å². The quantitative estimate of drug-likeness (QED) is 0.636. The van der Waals surface area contributed by atoms with Gasteiger partial charge in [0.1, 0.15) is 0 Å². The van der Waals surface area contributed by atoms with E-state index in [1.165, 1.54) is 6.92 Å². The Hall–Kier alpha value is -2.34. The maximum absolute atomic E-state index is 12.9. The van der Waals surface area contributed by atoms with Gasteiger partial charge in [-0.25, -0.2) is 0 Å². The van der Waals surface area contributed by atoms with E-state index in [1.54, 1.807) is 6.20 Å². The predicted molar refractivity (Wildman–Crippen MR) is 111 cm³/mol. The number of carbonyl (C=O) groups excluding carboxylic acids is 1. The minimum absolute atomic E-state index is 0. The smallest absolute Gasteiger partial charge is 0.258 e. The van der Waals surface area contributed by atoms with Crippen molar-refractivity contribution in [3.8, 4) is 0 Å². The molecule has 1 aromatic heterocycles. The maximum Gasteiger partial charge on any atom is 0.258 e. The van der Waals surface area contributed by atoms with E-state index in [4.69, 9.17) is 0 Å². The van der Waals surface area contributed by atoms with Crippen molar-refractivity contribution in [1.82, 2.24) is 9.71 Å². The van der Waals surface area contributed by atoms with Crippen LogP contribution < -0.4 is 4.72 Å². The van der Waals surface area contributed by atoms with Crippen LogP contribution in [0.3, 0.4) is 0 Å². The number of amides is 1. The van der Waals surface area contributed by atoms with E-state index in [-0.39, 0.29) is 18.3 Å². The molecule has 0 spiro atoms. The lowest BCUT2D eigenvalue weighted by molar-refractivity contribution is -0.117. The Bertz CT molecular complexity index is 862. The Labute approximate surface area is 168 Å². The highest BCUT2D eigenvalue weighted by molar-refractivity contribution is 7.90. The van der Waals surface area contributed by atoms with Gasteiger partial charge in [-0.2, -0.15) is 4.72 Å². The molecular weight excluding hydrogens is 380 g/mol. The summed E-state index contributed by atoms with van der Waals surface area (Å²) in [4.78, 5) is 15.9. The molecule has 1 amide bonds. The third kappa shape index (κ3) is 5.57. The van der Waals surface area contributed by atoms with E-state index >= 15 is 0 Å². The molecule has 4 nitrogen and oxygen atoms in total. The second-order valence-electron chi connectivity index (χ2n) is 5.94. The number of pyridine rings is 1. The van der Waals surface area contributed by atoms with Crippen LogP contribution >= 0.6 is 12.4 Å². The molecule has 3 aromatic rings. The lowest BCUT2D eigenvalue weighted by Crippen LogP contribution is -2.33.